The van der Waals surface area contributed by atoms with Gasteiger partial charge >= 0.3 is 0 Å². The van der Waals surface area contributed by atoms with Crippen molar-refractivity contribution >= 4 is 27.7 Å². The molecule has 2 N–H and O–H groups in total. The van der Waals surface area contributed by atoms with Gasteiger partial charge in [-0.25, -0.2) is 0 Å². The minimum absolute atomic E-state index is 0.00605. The highest BCUT2D eigenvalue weighted by atomic mass is 79.9. The molecule has 0 aliphatic heterocycles. The van der Waals surface area contributed by atoms with Gasteiger partial charge in [-0.05, 0) is 32.0 Å². The van der Waals surface area contributed by atoms with Gasteiger partial charge in [-0.3, -0.25) is 9.59 Å². The van der Waals surface area contributed by atoms with E-state index in [0.717, 1.165) is 4.47 Å². The van der Waals surface area contributed by atoms with Crippen LogP contribution in [-0.2, 0) is 9.59 Å². The average molecular weight is 343 g/mol. The fraction of sp³-hybridized carbons (Fsp3) is 0.429. The smallest absolute Gasteiger partial charge is 0.239 e. The Kier molecular flexibility index (Phi) is 7.08. The van der Waals surface area contributed by atoms with E-state index < -0.39 is 0 Å². The molecule has 0 saturated heterocycles. The molecular weight excluding hydrogens is 324 g/mol. The summed E-state index contributed by atoms with van der Waals surface area (Å²) in [5.41, 5.74) is 0. The highest BCUT2D eigenvalue weighted by Gasteiger charge is 2.06. The number of hydrogen-bond donors (Lipinski definition) is 2. The van der Waals surface area contributed by atoms with Crippen LogP contribution in [0.4, 0.5) is 0 Å². The number of carbonyl (C=O) groups is 2. The van der Waals surface area contributed by atoms with E-state index in [-0.39, 0.29) is 37.4 Å². The minimum atomic E-state index is -0.209. The summed E-state index contributed by atoms with van der Waals surface area (Å²) < 4.78 is 6.36. The van der Waals surface area contributed by atoms with Crippen molar-refractivity contribution in [2.75, 3.05) is 13.2 Å². The molecule has 6 heteroatoms. The van der Waals surface area contributed by atoms with Gasteiger partial charge in [-0.15, -0.1) is 0 Å². The molecule has 1 rings (SSSR count). The van der Waals surface area contributed by atoms with Crippen LogP contribution in [0, 0.1) is 0 Å². The van der Waals surface area contributed by atoms with E-state index in [0.29, 0.717) is 5.75 Å². The summed E-state index contributed by atoms with van der Waals surface area (Å²) in [5, 5.41) is 5.24. The molecular formula is C14H19BrN2O3. The molecule has 0 aromatic heterocycles. The van der Waals surface area contributed by atoms with Crippen LogP contribution >= 0.6 is 15.9 Å². The molecule has 0 bridgehead atoms. The summed E-state index contributed by atoms with van der Waals surface area (Å²) in [5.74, 6) is 0.296. The van der Waals surface area contributed by atoms with Crippen molar-refractivity contribution in [3.8, 4) is 5.75 Å². The van der Waals surface area contributed by atoms with Crippen molar-refractivity contribution in [2.45, 2.75) is 26.3 Å². The predicted octanol–water partition coefficient (Wildman–Crippen LogP) is 1.86. The zero-order valence-corrected chi connectivity index (χ0v) is 13.2. The number of benzene rings is 1. The Hall–Kier alpha value is -1.56. The Morgan fingerprint density at radius 1 is 1.30 bits per heavy atom. The molecule has 0 aliphatic carbocycles. The van der Waals surface area contributed by atoms with Gasteiger partial charge in [0.1, 0.15) is 5.75 Å². The summed E-state index contributed by atoms with van der Waals surface area (Å²) >= 11 is 3.34. The molecule has 0 saturated carbocycles. The van der Waals surface area contributed by atoms with Crippen molar-refractivity contribution in [3.63, 3.8) is 0 Å². The standard InChI is InChI=1S/C14H19BrN2O3/c1-10(2)17-14(19)9-16-13(18)6-7-20-12-5-3-4-11(15)8-12/h3-5,8,10H,6-7,9H2,1-2H3,(H,16,18)(H,17,19). The van der Waals surface area contributed by atoms with E-state index in [4.69, 9.17) is 4.74 Å². The Bertz CT molecular complexity index is 463. The van der Waals surface area contributed by atoms with Gasteiger partial charge < -0.3 is 15.4 Å². The first kappa shape index (κ1) is 16.5. The van der Waals surface area contributed by atoms with Crippen LogP contribution in [0.2, 0.25) is 0 Å². The lowest BCUT2D eigenvalue weighted by molar-refractivity contribution is -0.126. The quantitative estimate of drug-likeness (QED) is 0.794. The number of ether oxygens (including phenoxy) is 1. The van der Waals surface area contributed by atoms with E-state index in [1.807, 2.05) is 38.1 Å². The van der Waals surface area contributed by atoms with Gasteiger partial charge in [0.2, 0.25) is 11.8 Å². The summed E-state index contributed by atoms with van der Waals surface area (Å²) in [6.07, 6.45) is 0.210. The molecule has 110 valence electrons. The van der Waals surface area contributed by atoms with Crippen molar-refractivity contribution < 1.29 is 14.3 Å². The van der Waals surface area contributed by atoms with Crippen LogP contribution in [-0.4, -0.2) is 31.0 Å². The number of halogens is 1. The lowest BCUT2D eigenvalue weighted by atomic mass is 10.3. The van der Waals surface area contributed by atoms with Crippen molar-refractivity contribution in [1.29, 1.82) is 0 Å². The second-order valence-corrected chi connectivity index (χ2v) is 5.47. The third kappa shape index (κ3) is 7.13. The number of amides is 2. The normalized spacial score (nSPS) is 10.2. The van der Waals surface area contributed by atoms with Crippen molar-refractivity contribution in [2.24, 2.45) is 0 Å². The molecule has 0 unspecified atom stereocenters. The second kappa shape index (κ2) is 8.58. The van der Waals surface area contributed by atoms with Crippen LogP contribution in [0.15, 0.2) is 28.7 Å². The molecule has 0 spiro atoms. The molecule has 0 fully saturated rings. The van der Waals surface area contributed by atoms with E-state index in [1.165, 1.54) is 0 Å². The Morgan fingerprint density at radius 3 is 2.70 bits per heavy atom. The molecule has 1 aromatic carbocycles. The Morgan fingerprint density at radius 2 is 2.05 bits per heavy atom. The fourth-order valence-corrected chi connectivity index (χ4v) is 1.84. The predicted molar refractivity (Wildman–Crippen MR) is 80.5 cm³/mol. The third-order valence-electron chi connectivity index (χ3n) is 2.29. The van der Waals surface area contributed by atoms with E-state index in [2.05, 4.69) is 26.6 Å². The SMILES string of the molecule is CC(C)NC(=O)CNC(=O)CCOc1cccc(Br)c1. The molecule has 5 nitrogen and oxygen atoms in total. The first-order valence-corrected chi connectivity index (χ1v) is 7.21. The van der Waals surface area contributed by atoms with Crippen LogP contribution in [0.1, 0.15) is 20.3 Å². The van der Waals surface area contributed by atoms with E-state index in [1.54, 1.807) is 0 Å². The van der Waals surface area contributed by atoms with Gasteiger partial charge in [0.25, 0.3) is 0 Å². The van der Waals surface area contributed by atoms with E-state index >= 15 is 0 Å². The molecule has 2 amide bonds. The van der Waals surface area contributed by atoms with Crippen LogP contribution in [0.3, 0.4) is 0 Å². The maximum Gasteiger partial charge on any atom is 0.239 e. The maximum absolute atomic E-state index is 11.5. The highest BCUT2D eigenvalue weighted by Crippen LogP contribution is 2.17. The fourth-order valence-electron chi connectivity index (χ4n) is 1.46. The molecule has 0 radical (unpaired) electrons. The summed E-state index contributed by atoms with van der Waals surface area (Å²) in [7, 11) is 0. The van der Waals surface area contributed by atoms with Crippen LogP contribution < -0.4 is 15.4 Å². The number of rotatable bonds is 7. The largest absolute Gasteiger partial charge is 0.493 e. The highest BCUT2D eigenvalue weighted by molar-refractivity contribution is 9.10. The second-order valence-electron chi connectivity index (χ2n) is 4.55. The van der Waals surface area contributed by atoms with Gasteiger partial charge in [-0.2, -0.15) is 0 Å². The van der Waals surface area contributed by atoms with Gasteiger partial charge in [0.15, 0.2) is 0 Å². The lowest BCUT2D eigenvalue weighted by Gasteiger charge is -2.10. The first-order chi connectivity index (χ1) is 9.47. The number of hydrogen-bond acceptors (Lipinski definition) is 3. The Labute approximate surface area is 127 Å². The average Bonchev–Trinajstić information content (AvgIpc) is 2.36. The molecule has 0 heterocycles. The zero-order chi connectivity index (χ0) is 15.0. The minimum Gasteiger partial charge on any atom is -0.493 e. The molecule has 20 heavy (non-hydrogen) atoms. The monoisotopic (exact) mass is 342 g/mol. The van der Waals surface area contributed by atoms with Gasteiger partial charge in [0, 0.05) is 10.5 Å². The van der Waals surface area contributed by atoms with Crippen LogP contribution in [0.5, 0.6) is 5.75 Å². The van der Waals surface area contributed by atoms with Crippen LogP contribution in [0.25, 0.3) is 0 Å². The zero-order valence-electron chi connectivity index (χ0n) is 11.6. The topological polar surface area (TPSA) is 67.4 Å². The maximum atomic E-state index is 11.5. The molecule has 0 atom stereocenters. The summed E-state index contributed by atoms with van der Waals surface area (Å²) in [6.45, 7) is 4.00. The number of carbonyl (C=O) groups excluding carboxylic acids is 2. The lowest BCUT2D eigenvalue weighted by Crippen LogP contribution is -2.40. The van der Waals surface area contributed by atoms with Gasteiger partial charge in [0.05, 0.1) is 19.6 Å². The number of nitrogens with one attached hydrogen (secondary N) is 2. The Balaban J connectivity index is 2.19. The molecule has 1 aromatic rings. The van der Waals surface area contributed by atoms with E-state index in [9.17, 15) is 9.59 Å². The molecule has 0 aliphatic rings. The van der Waals surface area contributed by atoms with Crippen molar-refractivity contribution in [1.82, 2.24) is 10.6 Å². The summed E-state index contributed by atoms with van der Waals surface area (Å²) in [6, 6.07) is 7.47. The first-order valence-electron chi connectivity index (χ1n) is 6.42. The summed E-state index contributed by atoms with van der Waals surface area (Å²) in [4.78, 5) is 22.8. The van der Waals surface area contributed by atoms with Crippen molar-refractivity contribution in [3.05, 3.63) is 28.7 Å². The van der Waals surface area contributed by atoms with Gasteiger partial charge in [-0.1, -0.05) is 22.0 Å². The third-order valence-corrected chi connectivity index (χ3v) is 2.78.